The number of nitrogens with zero attached hydrogens (tertiary/aromatic N) is 4. The Morgan fingerprint density at radius 1 is 0.952 bits per heavy atom. The van der Waals surface area contributed by atoms with Crippen LogP contribution in [-0.2, 0) is 16.1 Å². The van der Waals surface area contributed by atoms with Gasteiger partial charge in [0.05, 0.1) is 24.1 Å². The second-order valence-corrected chi connectivity index (χ2v) is 11.7. The minimum Gasteiger partial charge on any atom is -0.494 e. The average molecular weight is 567 g/mol. The number of methoxy groups -OCH3 is 1. The number of ether oxygens (including phenoxy) is 2. The molecule has 7 nitrogen and oxygen atoms in total. The Morgan fingerprint density at radius 3 is 2.50 bits per heavy atom. The number of carbonyl (C=O) groups excluding carboxylic acids is 1. The van der Waals surface area contributed by atoms with Gasteiger partial charge < -0.3 is 18.8 Å². The summed E-state index contributed by atoms with van der Waals surface area (Å²) in [4.78, 5) is 23.0. The summed E-state index contributed by atoms with van der Waals surface area (Å²) in [5, 5.41) is 0. The van der Waals surface area contributed by atoms with Crippen molar-refractivity contribution in [3.63, 3.8) is 0 Å². The fourth-order valence-electron chi connectivity index (χ4n) is 6.47. The standard InChI is InChI=1S/C35H42N4O3/c1-4-42-31-10-5-7-27(21-31)29-15-16-33-36-34(26-13-11-25(2)12-14-26)32(39(33)23-29)24-37-17-19-38(20-18-37)35(40)28-8-6-9-30(22-28)41-3/h5,7,10-16,21,23,28,30H,4,6,8-9,17-20,22,24H2,1-3H3/t28-,30-/m0/s1. The monoisotopic (exact) mass is 566 g/mol. The number of pyridine rings is 1. The van der Waals surface area contributed by atoms with E-state index in [9.17, 15) is 4.79 Å². The molecule has 220 valence electrons. The lowest BCUT2D eigenvalue weighted by Crippen LogP contribution is -2.50. The Kier molecular flexibility index (Phi) is 8.58. The fourth-order valence-corrected chi connectivity index (χ4v) is 6.47. The molecular weight excluding hydrogens is 524 g/mol. The second-order valence-electron chi connectivity index (χ2n) is 11.7. The van der Waals surface area contributed by atoms with Crippen LogP contribution in [0.3, 0.4) is 0 Å². The molecule has 1 saturated heterocycles. The molecule has 0 spiro atoms. The number of aromatic nitrogens is 2. The summed E-state index contributed by atoms with van der Waals surface area (Å²) in [5.41, 5.74) is 7.71. The first-order valence-corrected chi connectivity index (χ1v) is 15.4. The first-order chi connectivity index (χ1) is 20.5. The molecule has 0 bridgehead atoms. The zero-order chi connectivity index (χ0) is 29.1. The van der Waals surface area contributed by atoms with Crippen molar-refractivity contribution in [3.05, 3.63) is 78.1 Å². The first-order valence-electron chi connectivity index (χ1n) is 15.4. The summed E-state index contributed by atoms with van der Waals surface area (Å²) >= 11 is 0. The van der Waals surface area contributed by atoms with Crippen LogP contribution in [0.5, 0.6) is 5.75 Å². The quantitative estimate of drug-likeness (QED) is 0.253. The SMILES string of the molecule is CCOc1cccc(-c2ccc3nc(-c4ccc(C)cc4)c(CN4CCN(C(=O)[C@H]5CCC[C@H](OC)C5)CC4)n3c2)c1. The zero-order valence-corrected chi connectivity index (χ0v) is 25.1. The van der Waals surface area contributed by atoms with Gasteiger partial charge >= 0.3 is 0 Å². The molecule has 2 aromatic heterocycles. The molecule has 42 heavy (non-hydrogen) atoms. The van der Waals surface area contributed by atoms with Gasteiger partial charge in [0, 0.05) is 57.5 Å². The predicted octanol–water partition coefficient (Wildman–Crippen LogP) is 6.22. The number of hydrogen-bond acceptors (Lipinski definition) is 5. The number of imidazole rings is 1. The fraction of sp³-hybridized carbons (Fsp3) is 0.429. The molecule has 0 unspecified atom stereocenters. The molecule has 7 heteroatoms. The van der Waals surface area contributed by atoms with Crippen LogP contribution in [0.25, 0.3) is 28.0 Å². The highest BCUT2D eigenvalue weighted by molar-refractivity contribution is 5.79. The molecular formula is C35H42N4O3. The van der Waals surface area contributed by atoms with E-state index in [0.717, 1.165) is 92.2 Å². The molecule has 1 aliphatic carbocycles. The van der Waals surface area contributed by atoms with Gasteiger partial charge in [-0.25, -0.2) is 4.98 Å². The van der Waals surface area contributed by atoms with Gasteiger partial charge in [0.1, 0.15) is 11.4 Å². The van der Waals surface area contributed by atoms with E-state index >= 15 is 0 Å². The molecule has 1 saturated carbocycles. The zero-order valence-electron chi connectivity index (χ0n) is 25.1. The maximum Gasteiger partial charge on any atom is 0.225 e. The summed E-state index contributed by atoms with van der Waals surface area (Å²) in [6, 6.07) is 21.1. The van der Waals surface area contributed by atoms with E-state index in [1.807, 2.05) is 19.1 Å². The second kappa shape index (κ2) is 12.7. The third-order valence-electron chi connectivity index (χ3n) is 8.89. The third kappa shape index (κ3) is 6.08. The normalized spacial score (nSPS) is 19.7. The van der Waals surface area contributed by atoms with Gasteiger partial charge in [-0.2, -0.15) is 0 Å². The molecule has 3 heterocycles. The van der Waals surface area contributed by atoms with Crippen molar-refractivity contribution in [2.24, 2.45) is 5.92 Å². The lowest BCUT2D eigenvalue weighted by molar-refractivity contribution is -0.140. The maximum atomic E-state index is 13.3. The smallest absolute Gasteiger partial charge is 0.225 e. The Balaban J connectivity index is 1.26. The van der Waals surface area contributed by atoms with E-state index in [-0.39, 0.29) is 12.0 Å². The van der Waals surface area contributed by atoms with Crippen molar-refractivity contribution >= 4 is 11.6 Å². The van der Waals surface area contributed by atoms with Gasteiger partial charge in [0.25, 0.3) is 0 Å². The van der Waals surface area contributed by atoms with Crippen molar-refractivity contribution in [1.82, 2.24) is 19.2 Å². The van der Waals surface area contributed by atoms with Crippen LogP contribution in [-0.4, -0.2) is 71.1 Å². The highest BCUT2D eigenvalue weighted by Crippen LogP contribution is 2.31. The Bertz CT molecular complexity index is 1520. The highest BCUT2D eigenvalue weighted by Gasteiger charge is 2.32. The largest absolute Gasteiger partial charge is 0.494 e. The van der Waals surface area contributed by atoms with Gasteiger partial charge in [0.2, 0.25) is 5.91 Å². The average Bonchev–Trinajstić information content (AvgIpc) is 3.39. The van der Waals surface area contributed by atoms with E-state index < -0.39 is 0 Å². The Morgan fingerprint density at radius 2 is 1.74 bits per heavy atom. The molecule has 2 aliphatic rings. The Labute approximate surface area is 249 Å². The summed E-state index contributed by atoms with van der Waals surface area (Å²) < 4.78 is 13.6. The van der Waals surface area contributed by atoms with Gasteiger partial charge in [-0.05, 0) is 68.5 Å². The molecule has 1 aliphatic heterocycles. The number of piperazine rings is 1. The van der Waals surface area contributed by atoms with Crippen molar-refractivity contribution in [1.29, 1.82) is 0 Å². The van der Waals surface area contributed by atoms with Crippen LogP contribution < -0.4 is 4.74 Å². The first kappa shape index (κ1) is 28.4. The summed E-state index contributed by atoms with van der Waals surface area (Å²) in [6.07, 6.45) is 6.40. The van der Waals surface area contributed by atoms with Gasteiger partial charge in [-0.15, -0.1) is 0 Å². The van der Waals surface area contributed by atoms with Crippen LogP contribution in [0.1, 0.15) is 43.9 Å². The van der Waals surface area contributed by atoms with E-state index in [0.29, 0.717) is 12.5 Å². The molecule has 2 aromatic carbocycles. The number of hydrogen-bond donors (Lipinski definition) is 0. The van der Waals surface area contributed by atoms with Gasteiger partial charge in [0.15, 0.2) is 0 Å². The molecule has 0 N–H and O–H groups in total. The molecule has 0 radical (unpaired) electrons. The van der Waals surface area contributed by atoms with E-state index in [1.54, 1.807) is 7.11 Å². The van der Waals surface area contributed by atoms with E-state index in [1.165, 1.54) is 11.3 Å². The number of rotatable bonds is 8. The predicted molar refractivity (Wildman–Crippen MR) is 167 cm³/mol. The van der Waals surface area contributed by atoms with Gasteiger partial charge in [-0.3, -0.25) is 9.69 Å². The van der Waals surface area contributed by atoms with Crippen LogP contribution in [0, 0.1) is 12.8 Å². The summed E-state index contributed by atoms with van der Waals surface area (Å²) in [6.45, 7) is 8.75. The number of fused-ring (bicyclic) bond motifs is 1. The summed E-state index contributed by atoms with van der Waals surface area (Å²) in [5.74, 6) is 1.28. The van der Waals surface area contributed by atoms with Crippen molar-refractivity contribution < 1.29 is 14.3 Å². The number of benzene rings is 2. The van der Waals surface area contributed by atoms with Crippen LogP contribution >= 0.6 is 0 Å². The van der Waals surface area contributed by atoms with Gasteiger partial charge in [-0.1, -0.05) is 48.4 Å². The number of carbonyl (C=O) groups is 1. The van der Waals surface area contributed by atoms with E-state index in [4.69, 9.17) is 14.5 Å². The molecule has 6 rings (SSSR count). The number of amides is 1. The van der Waals surface area contributed by atoms with Crippen molar-refractivity contribution in [2.45, 2.75) is 52.2 Å². The van der Waals surface area contributed by atoms with Crippen LogP contribution in [0.15, 0.2) is 66.9 Å². The maximum absolute atomic E-state index is 13.3. The molecule has 2 fully saturated rings. The molecule has 4 aromatic rings. The topological polar surface area (TPSA) is 59.3 Å². The lowest BCUT2D eigenvalue weighted by atomic mass is 9.86. The minimum atomic E-state index is 0.0989. The number of aryl methyl sites for hydroxylation is 1. The van der Waals surface area contributed by atoms with Crippen molar-refractivity contribution in [2.75, 3.05) is 39.9 Å². The minimum absolute atomic E-state index is 0.0989. The highest BCUT2D eigenvalue weighted by atomic mass is 16.5. The molecule has 2 atom stereocenters. The van der Waals surface area contributed by atoms with E-state index in [2.05, 4.69) is 75.9 Å². The lowest BCUT2D eigenvalue weighted by Gasteiger charge is -2.38. The Hall–Kier alpha value is -3.68. The summed E-state index contributed by atoms with van der Waals surface area (Å²) in [7, 11) is 1.77. The van der Waals surface area contributed by atoms with Crippen molar-refractivity contribution in [3.8, 4) is 28.1 Å². The van der Waals surface area contributed by atoms with Crippen LogP contribution in [0.2, 0.25) is 0 Å². The van der Waals surface area contributed by atoms with Crippen LogP contribution in [0.4, 0.5) is 0 Å². The third-order valence-corrected chi connectivity index (χ3v) is 8.89. The molecule has 1 amide bonds.